The molecule has 2 N–H and O–H groups in total. The molecular formula is C29H45N3O6S. The molecule has 0 spiro atoms. The van der Waals surface area contributed by atoms with Crippen LogP contribution in [-0.2, 0) is 23.9 Å². The lowest BCUT2D eigenvalue weighted by molar-refractivity contribution is -0.148. The molecule has 3 amide bonds. The first-order valence-electron chi connectivity index (χ1n) is 13.7. The molecule has 0 saturated heterocycles. The Balaban J connectivity index is 2.46. The van der Waals surface area contributed by atoms with Crippen LogP contribution in [-0.4, -0.2) is 71.6 Å². The number of esters is 1. The lowest BCUT2D eigenvalue weighted by Gasteiger charge is -2.44. The van der Waals surface area contributed by atoms with Crippen LogP contribution in [0.15, 0.2) is 18.2 Å². The SMILES string of the molecule is CCOC(=O)CCNC(=O)C(c1cccc(C)c1C)N(C(=O)C(CCSC)NC(=O)OC(C)(C)C)C1CCC1. The highest BCUT2D eigenvalue weighted by atomic mass is 32.2. The standard InChI is InChI=1S/C29H45N3O6S/c1-8-37-24(33)15-17-30-26(34)25(22-14-9-11-19(2)20(22)3)32(21-12-10-13-21)27(35)23(16-18-39-7)31-28(36)38-29(4,5)6/h9,11,14,21,23,25H,8,10,12-13,15-18H2,1-7H3,(H,30,34)(H,31,36). The second kappa shape index (κ2) is 15.1. The minimum Gasteiger partial charge on any atom is -0.466 e. The molecule has 10 heteroatoms. The fraction of sp³-hybridized carbons (Fsp3) is 0.655. The number of hydrogen-bond acceptors (Lipinski definition) is 7. The Morgan fingerprint density at radius 2 is 1.85 bits per heavy atom. The summed E-state index contributed by atoms with van der Waals surface area (Å²) in [7, 11) is 0. The molecule has 0 heterocycles. The largest absolute Gasteiger partial charge is 0.466 e. The van der Waals surface area contributed by atoms with Crippen molar-refractivity contribution in [1.29, 1.82) is 0 Å². The van der Waals surface area contributed by atoms with Crippen molar-refractivity contribution in [1.82, 2.24) is 15.5 Å². The normalized spacial score (nSPS) is 14.9. The fourth-order valence-electron chi connectivity index (χ4n) is 4.41. The maximum absolute atomic E-state index is 14.3. The number of aryl methyl sites for hydroxylation is 1. The first-order valence-corrected chi connectivity index (χ1v) is 15.1. The van der Waals surface area contributed by atoms with Gasteiger partial charge in [-0.1, -0.05) is 18.2 Å². The highest BCUT2D eigenvalue weighted by molar-refractivity contribution is 7.98. The number of ether oxygens (including phenoxy) is 2. The number of carbonyl (C=O) groups is 4. The molecule has 2 rings (SSSR count). The van der Waals surface area contributed by atoms with Gasteiger partial charge in [-0.05, 0) is 95.9 Å². The van der Waals surface area contributed by atoms with Crippen molar-refractivity contribution in [3.8, 4) is 0 Å². The average molecular weight is 564 g/mol. The maximum atomic E-state index is 14.3. The minimum absolute atomic E-state index is 0.0347. The van der Waals surface area contributed by atoms with E-state index in [1.165, 1.54) is 0 Å². The first kappa shape index (κ1) is 32.5. The number of nitrogens with one attached hydrogen (secondary N) is 2. The molecule has 2 atom stereocenters. The van der Waals surface area contributed by atoms with Crippen LogP contribution < -0.4 is 10.6 Å². The van der Waals surface area contributed by atoms with Crippen molar-refractivity contribution >= 4 is 35.6 Å². The van der Waals surface area contributed by atoms with Crippen molar-refractivity contribution in [2.45, 2.75) is 97.4 Å². The molecule has 1 aliphatic rings. The third kappa shape index (κ3) is 9.74. The van der Waals surface area contributed by atoms with Gasteiger partial charge in [0.1, 0.15) is 17.7 Å². The number of nitrogens with zero attached hydrogens (tertiary/aromatic N) is 1. The molecule has 0 aliphatic heterocycles. The van der Waals surface area contributed by atoms with E-state index in [1.54, 1.807) is 44.4 Å². The third-order valence-corrected chi connectivity index (χ3v) is 7.37. The highest BCUT2D eigenvalue weighted by Crippen LogP contribution is 2.35. The summed E-state index contributed by atoms with van der Waals surface area (Å²) in [6.07, 6.45) is 4.19. The summed E-state index contributed by atoms with van der Waals surface area (Å²) in [5.41, 5.74) is 1.93. The average Bonchev–Trinajstić information content (AvgIpc) is 2.81. The Bertz CT molecular complexity index is 1010. The van der Waals surface area contributed by atoms with E-state index in [1.807, 2.05) is 38.3 Å². The predicted octanol–water partition coefficient (Wildman–Crippen LogP) is 4.44. The van der Waals surface area contributed by atoms with Crippen molar-refractivity contribution < 1.29 is 28.7 Å². The van der Waals surface area contributed by atoms with Gasteiger partial charge in [-0.2, -0.15) is 11.8 Å². The number of benzene rings is 1. The molecule has 0 aromatic heterocycles. The number of amides is 3. The van der Waals surface area contributed by atoms with Crippen molar-refractivity contribution in [3.63, 3.8) is 0 Å². The van der Waals surface area contributed by atoms with E-state index in [0.717, 1.165) is 36.0 Å². The maximum Gasteiger partial charge on any atom is 0.408 e. The van der Waals surface area contributed by atoms with E-state index >= 15 is 0 Å². The van der Waals surface area contributed by atoms with Gasteiger partial charge in [-0.25, -0.2) is 4.79 Å². The number of thioether (sulfide) groups is 1. The van der Waals surface area contributed by atoms with Gasteiger partial charge < -0.3 is 25.0 Å². The lowest BCUT2D eigenvalue weighted by Crippen LogP contribution is -2.57. The highest BCUT2D eigenvalue weighted by Gasteiger charge is 2.42. The Morgan fingerprint density at radius 1 is 1.15 bits per heavy atom. The Labute approximate surface area is 237 Å². The molecule has 1 aromatic rings. The van der Waals surface area contributed by atoms with Crippen LogP contribution in [0.25, 0.3) is 0 Å². The molecule has 1 aliphatic carbocycles. The van der Waals surface area contributed by atoms with Gasteiger partial charge >= 0.3 is 12.1 Å². The summed E-state index contributed by atoms with van der Waals surface area (Å²) in [6.45, 7) is 11.3. The first-order chi connectivity index (χ1) is 18.4. The lowest BCUT2D eigenvalue weighted by atomic mass is 9.86. The summed E-state index contributed by atoms with van der Waals surface area (Å²) in [6, 6.07) is 3.81. The van der Waals surface area contributed by atoms with E-state index in [2.05, 4.69) is 10.6 Å². The number of alkyl carbamates (subject to hydrolysis) is 1. The van der Waals surface area contributed by atoms with Crippen molar-refractivity contribution in [2.24, 2.45) is 0 Å². The van der Waals surface area contributed by atoms with Gasteiger partial charge in [0.15, 0.2) is 0 Å². The van der Waals surface area contributed by atoms with E-state index in [0.29, 0.717) is 12.2 Å². The number of hydrogen-bond donors (Lipinski definition) is 2. The van der Waals surface area contributed by atoms with Crippen molar-refractivity contribution in [2.75, 3.05) is 25.2 Å². The summed E-state index contributed by atoms with van der Waals surface area (Å²) >= 11 is 1.57. The van der Waals surface area contributed by atoms with E-state index < -0.39 is 29.7 Å². The zero-order valence-electron chi connectivity index (χ0n) is 24.4. The minimum atomic E-state index is -0.915. The fourth-order valence-corrected chi connectivity index (χ4v) is 4.88. The summed E-state index contributed by atoms with van der Waals surface area (Å²) in [4.78, 5) is 54.3. The van der Waals surface area contributed by atoms with Crippen LogP contribution in [0.4, 0.5) is 4.79 Å². The van der Waals surface area contributed by atoms with Gasteiger partial charge in [-0.15, -0.1) is 0 Å². The van der Waals surface area contributed by atoms with Crippen LogP contribution >= 0.6 is 11.8 Å². The molecule has 0 radical (unpaired) electrons. The smallest absolute Gasteiger partial charge is 0.408 e. The zero-order valence-corrected chi connectivity index (χ0v) is 25.2. The van der Waals surface area contributed by atoms with Crippen LogP contribution in [0.2, 0.25) is 0 Å². The molecule has 218 valence electrons. The van der Waals surface area contributed by atoms with E-state index in [4.69, 9.17) is 9.47 Å². The second-order valence-electron chi connectivity index (χ2n) is 10.8. The third-order valence-electron chi connectivity index (χ3n) is 6.72. The quantitative estimate of drug-likeness (QED) is 0.341. The molecular weight excluding hydrogens is 518 g/mol. The molecule has 2 unspecified atom stereocenters. The van der Waals surface area contributed by atoms with E-state index in [-0.39, 0.29) is 37.4 Å². The Hall–Kier alpha value is -2.75. The Morgan fingerprint density at radius 3 is 2.41 bits per heavy atom. The van der Waals surface area contributed by atoms with Crippen LogP contribution in [0.1, 0.15) is 82.5 Å². The topological polar surface area (TPSA) is 114 Å². The number of carbonyl (C=O) groups excluding carboxylic acids is 4. The summed E-state index contributed by atoms with van der Waals surface area (Å²) in [5.74, 6) is -0.434. The molecule has 1 saturated carbocycles. The van der Waals surface area contributed by atoms with Gasteiger partial charge in [-0.3, -0.25) is 14.4 Å². The van der Waals surface area contributed by atoms with Gasteiger partial charge in [0.05, 0.1) is 13.0 Å². The van der Waals surface area contributed by atoms with Gasteiger partial charge in [0, 0.05) is 12.6 Å². The Kier molecular flexibility index (Phi) is 12.6. The molecule has 39 heavy (non-hydrogen) atoms. The van der Waals surface area contributed by atoms with Crippen LogP contribution in [0.3, 0.4) is 0 Å². The van der Waals surface area contributed by atoms with Gasteiger partial charge in [0.2, 0.25) is 11.8 Å². The zero-order chi connectivity index (χ0) is 29.2. The van der Waals surface area contributed by atoms with Crippen molar-refractivity contribution in [3.05, 3.63) is 34.9 Å². The second-order valence-corrected chi connectivity index (χ2v) is 11.8. The predicted molar refractivity (Wildman–Crippen MR) is 154 cm³/mol. The number of rotatable bonds is 13. The summed E-state index contributed by atoms with van der Waals surface area (Å²) in [5, 5.41) is 5.64. The molecule has 1 aromatic carbocycles. The molecule has 0 bridgehead atoms. The summed E-state index contributed by atoms with van der Waals surface area (Å²) < 4.78 is 10.4. The molecule has 9 nitrogen and oxygen atoms in total. The van der Waals surface area contributed by atoms with E-state index in [9.17, 15) is 19.2 Å². The van der Waals surface area contributed by atoms with Crippen LogP contribution in [0.5, 0.6) is 0 Å². The van der Waals surface area contributed by atoms with Crippen LogP contribution in [0, 0.1) is 13.8 Å². The van der Waals surface area contributed by atoms with Gasteiger partial charge in [0.25, 0.3) is 0 Å². The monoisotopic (exact) mass is 563 g/mol. The molecule has 1 fully saturated rings.